The summed E-state index contributed by atoms with van der Waals surface area (Å²) in [5.74, 6) is 0.692. The monoisotopic (exact) mass is 324 g/mol. The molecule has 2 aromatic rings. The second-order valence-corrected chi connectivity index (χ2v) is 6.22. The fourth-order valence-electron chi connectivity index (χ4n) is 1.66. The van der Waals surface area contributed by atoms with E-state index in [1.54, 1.807) is 0 Å². The van der Waals surface area contributed by atoms with Crippen LogP contribution in [0.1, 0.15) is 25.1 Å². The molecule has 0 aliphatic heterocycles. The maximum absolute atomic E-state index is 11.6. The summed E-state index contributed by atoms with van der Waals surface area (Å²) in [6.07, 6.45) is 0.105. The van der Waals surface area contributed by atoms with E-state index in [1.165, 1.54) is 17.8 Å². The van der Waals surface area contributed by atoms with Crippen molar-refractivity contribution in [1.29, 1.82) is 0 Å². The summed E-state index contributed by atoms with van der Waals surface area (Å²) in [6.45, 7) is 4.23. The Bertz CT molecular complexity index is 658. The Morgan fingerprint density at radius 2 is 2.19 bits per heavy atom. The van der Waals surface area contributed by atoms with Crippen LogP contribution in [0.2, 0.25) is 5.02 Å². The van der Waals surface area contributed by atoms with Crippen molar-refractivity contribution < 1.29 is 4.74 Å². The average molecular weight is 325 g/mol. The summed E-state index contributed by atoms with van der Waals surface area (Å²) in [5.41, 5.74) is 1.56. The number of hydrogen-bond acceptors (Lipinski definition) is 4. The summed E-state index contributed by atoms with van der Waals surface area (Å²) < 4.78 is 5.47. The predicted octanol–water partition coefficient (Wildman–Crippen LogP) is 3.64. The number of halogens is 1. The molecule has 1 N–H and O–H groups in total. The third-order valence-electron chi connectivity index (χ3n) is 2.60. The normalized spacial score (nSPS) is 11.0. The van der Waals surface area contributed by atoms with E-state index < -0.39 is 0 Å². The van der Waals surface area contributed by atoms with Crippen LogP contribution in [0.25, 0.3) is 0 Å². The number of aromatic amines is 1. The van der Waals surface area contributed by atoms with Gasteiger partial charge < -0.3 is 9.72 Å². The van der Waals surface area contributed by atoms with Gasteiger partial charge in [-0.25, -0.2) is 4.98 Å². The number of rotatable bonds is 6. The standard InChI is InChI=1S/C15H17ClN2O2S/c1-10(2)20-8-13-7-14(19)18-15(17-13)21-9-11-4-3-5-12(16)6-11/h3-7,10H,8-9H2,1-2H3,(H,17,18,19). The van der Waals surface area contributed by atoms with Crippen LogP contribution in [0.5, 0.6) is 0 Å². The molecule has 1 aromatic heterocycles. The number of nitrogens with one attached hydrogen (secondary N) is 1. The lowest BCUT2D eigenvalue weighted by Gasteiger charge is -2.08. The molecule has 1 heterocycles. The second-order valence-electron chi connectivity index (χ2n) is 4.82. The van der Waals surface area contributed by atoms with E-state index in [0.717, 1.165) is 5.56 Å². The highest BCUT2D eigenvalue weighted by Gasteiger charge is 2.04. The molecule has 0 fully saturated rings. The lowest BCUT2D eigenvalue weighted by molar-refractivity contribution is 0.0631. The maximum atomic E-state index is 11.6. The minimum Gasteiger partial charge on any atom is -0.373 e. The van der Waals surface area contributed by atoms with Gasteiger partial charge in [-0.2, -0.15) is 0 Å². The highest BCUT2D eigenvalue weighted by atomic mass is 35.5. The van der Waals surface area contributed by atoms with Crippen molar-refractivity contribution in [1.82, 2.24) is 9.97 Å². The van der Waals surface area contributed by atoms with Crippen molar-refractivity contribution in [3.05, 3.63) is 57.0 Å². The Labute approximate surface area is 132 Å². The van der Waals surface area contributed by atoms with Crippen LogP contribution in [0, 0.1) is 0 Å². The molecule has 6 heteroatoms. The molecule has 112 valence electrons. The smallest absolute Gasteiger partial charge is 0.251 e. The van der Waals surface area contributed by atoms with Crippen molar-refractivity contribution >= 4 is 23.4 Å². The molecule has 21 heavy (non-hydrogen) atoms. The average Bonchev–Trinajstić information content (AvgIpc) is 2.43. The molecule has 0 amide bonds. The van der Waals surface area contributed by atoms with Crippen LogP contribution in [-0.2, 0) is 17.1 Å². The molecule has 0 atom stereocenters. The quantitative estimate of drug-likeness (QED) is 0.651. The molecule has 2 rings (SSSR count). The highest BCUT2D eigenvalue weighted by molar-refractivity contribution is 7.98. The molecular weight excluding hydrogens is 308 g/mol. The van der Waals surface area contributed by atoms with Crippen LogP contribution < -0.4 is 5.56 Å². The van der Waals surface area contributed by atoms with Gasteiger partial charge in [-0.15, -0.1) is 0 Å². The van der Waals surface area contributed by atoms with Crippen LogP contribution in [0.15, 0.2) is 40.3 Å². The van der Waals surface area contributed by atoms with E-state index in [9.17, 15) is 4.79 Å². The Balaban J connectivity index is 2.04. The molecule has 0 aliphatic carbocycles. The summed E-state index contributed by atoms with van der Waals surface area (Å²) in [7, 11) is 0. The van der Waals surface area contributed by atoms with Gasteiger partial charge in [0, 0.05) is 16.8 Å². The zero-order valence-corrected chi connectivity index (χ0v) is 13.5. The number of hydrogen-bond donors (Lipinski definition) is 1. The van der Waals surface area contributed by atoms with Crippen LogP contribution in [-0.4, -0.2) is 16.1 Å². The van der Waals surface area contributed by atoms with Gasteiger partial charge in [0.25, 0.3) is 5.56 Å². The van der Waals surface area contributed by atoms with Crippen LogP contribution >= 0.6 is 23.4 Å². The first-order valence-corrected chi connectivity index (χ1v) is 7.98. The molecule has 0 aliphatic rings. The fraction of sp³-hybridized carbons (Fsp3) is 0.333. The number of nitrogens with zero attached hydrogens (tertiary/aromatic N) is 1. The fourth-order valence-corrected chi connectivity index (χ4v) is 2.71. The molecule has 0 saturated heterocycles. The summed E-state index contributed by atoms with van der Waals surface area (Å²) in [6, 6.07) is 9.09. The molecule has 1 aromatic carbocycles. The van der Waals surface area contributed by atoms with Gasteiger partial charge in [0.15, 0.2) is 5.16 Å². The van der Waals surface area contributed by atoms with Gasteiger partial charge in [-0.3, -0.25) is 4.79 Å². The van der Waals surface area contributed by atoms with Crippen molar-refractivity contribution in [3.63, 3.8) is 0 Å². The molecular formula is C15H17ClN2O2S. The molecule has 0 bridgehead atoms. The van der Waals surface area contributed by atoms with Gasteiger partial charge in [0.1, 0.15) is 0 Å². The van der Waals surface area contributed by atoms with E-state index >= 15 is 0 Å². The van der Waals surface area contributed by atoms with Gasteiger partial charge in [0.2, 0.25) is 0 Å². The van der Waals surface area contributed by atoms with Gasteiger partial charge in [0.05, 0.1) is 18.4 Å². The maximum Gasteiger partial charge on any atom is 0.251 e. The van der Waals surface area contributed by atoms with Crippen molar-refractivity contribution in [3.8, 4) is 0 Å². The summed E-state index contributed by atoms with van der Waals surface area (Å²) in [4.78, 5) is 18.8. The number of H-pyrrole nitrogens is 1. The lowest BCUT2D eigenvalue weighted by Crippen LogP contribution is -2.12. The van der Waals surface area contributed by atoms with E-state index in [4.69, 9.17) is 16.3 Å². The first-order chi connectivity index (χ1) is 10.0. The summed E-state index contributed by atoms with van der Waals surface area (Å²) in [5, 5.41) is 1.29. The van der Waals surface area contributed by atoms with E-state index in [2.05, 4.69) is 9.97 Å². The zero-order valence-electron chi connectivity index (χ0n) is 11.9. The number of thioether (sulfide) groups is 1. The van der Waals surface area contributed by atoms with Crippen molar-refractivity contribution in [2.75, 3.05) is 0 Å². The van der Waals surface area contributed by atoms with E-state index in [0.29, 0.717) is 28.2 Å². The predicted molar refractivity (Wildman–Crippen MR) is 85.8 cm³/mol. The molecule has 4 nitrogen and oxygen atoms in total. The third kappa shape index (κ3) is 5.53. The number of ether oxygens (including phenoxy) is 1. The SMILES string of the molecule is CC(C)OCc1cc(=O)[nH]c(SCc2cccc(Cl)c2)n1. The van der Waals surface area contributed by atoms with Crippen molar-refractivity contribution in [2.24, 2.45) is 0 Å². The van der Waals surface area contributed by atoms with Crippen LogP contribution in [0.4, 0.5) is 0 Å². The lowest BCUT2D eigenvalue weighted by atomic mass is 10.2. The first-order valence-electron chi connectivity index (χ1n) is 6.62. The Kier molecular flexibility index (Phi) is 5.85. The highest BCUT2D eigenvalue weighted by Crippen LogP contribution is 2.20. The first kappa shape index (κ1) is 16.1. The summed E-state index contributed by atoms with van der Waals surface area (Å²) >= 11 is 7.41. The second kappa shape index (κ2) is 7.64. The number of benzene rings is 1. The minimum atomic E-state index is -0.166. The van der Waals surface area contributed by atoms with Crippen molar-refractivity contribution in [2.45, 2.75) is 37.5 Å². The number of aromatic nitrogens is 2. The third-order valence-corrected chi connectivity index (χ3v) is 3.78. The van der Waals surface area contributed by atoms with E-state index in [1.807, 2.05) is 38.1 Å². The van der Waals surface area contributed by atoms with Crippen LogP contribution in [0.3, 0.4) is 0 Å². The zero-order chi connectivity index (χ0) is 15.2. The molecule has 0 spiro atoms. The van der Waals surface area contributed by atoms with E-state index in [-0.39, 0.29) is 11.7 Å². The molecule has 0 unspecified atom stereocenters. The largest absolute Gasteiger partial charge is 0.373 e. The van der Waals surface area contributed by atoms with Gasteiger partial charge in [-0.05, 0) is 31.5 Å². The molecule has 0 saturated carbocycles. The van der Waals surface area contributed by atoms with Gasteiger partial charge >= 0.3 is 0 Å². The Hall–Kier alpha value is -1.30. The topological polar surface area (TPSA) is 55.0 Å². The minimum absolute atomic E-state index is 0.105. The molecule has 0 radical (unpaired) electrons. The Morgan fingerprint density at radius 1 is 1.38 bits per heavy atom. The Morgan fingerprint density at radius 3 is 2.90 bits per heavy atom. The van der Waals surface area contributed by atoms with Gasteiger partial charge in [-0.1, -0.05) is 35.5 Å².